The Bertz CT molecular complexity index is 1310. The molecule has 2 aliphatic heterocycles. The van der Waals surface area contributed by atoms with Crippen LogP contribution in [0.15, 0.2) is 60.7 Å². The molecule has 0 spiro atoms. The molecular formula is C28H31N5O. The summed E-state index contributed by atoms with van der Waals surface area (Å²) in [5.41, 5.74) is 3.33. The lowest BCUT2D eigenvalue weighted by Gasteiger charge is -2.33. The van der Waals surface area contributed by atoms with Crippen molar-refractivity contribution in [2.24, 2.45) is 0 Å². The van der Waals surface area contributed by atoms with E-state index < -0.39 is 0 Å². The fourth-order valence-corrected chi connectivity index (χ4v) is 5.69. The number of benzene rings is 2. The fraction of sp³-hybridized carbons (Fsp3) is 0.393. The van der Waals surface area contributed by atoms with Crippen molar-refractivity contribution in [3.05, 3.63) is 72.3 Å². The van der Waals surface area contributed by atoms with Crippen molar-refractivity contribution in [3.63, 3.8) is 0 Å². The minimum absolute atomic E-state index is 0.179. The predicted molar refractivity (Wildman–Crippen MR) is 134 cm³/mol. The van der Waals surface area contributed by atoms with Gasteiger partial charge < -0.3 is 14.0 Å². The Morgan fingerprint density at radius 3 is 2.68 bits per heavy atom. The summed E-state index contributed by atoms with van der Waals surface area (Å²) in [7, 11) is 0. The zero-order valence-corrected chi connectivity index (χ0v) is 19.6. The second-order valence-electron chi connectivity index (χ2n) is 9.66. The molecule has 2 aromatic heterocycles. The van der Waals surface area contributed by atoms with Gasteiger partial charge in [0.25, 0.3) is 0 Å². The first-order chi connectivity index (χ1) is 16.8. The van der Waals surface area contributed by atoms with E-state index in [4.69, 9.17) is 0 Å². The van der Waals surface area contributed by atoms with Crippen molar-refractivity contribution in [2.45, 2.75) is 57.5 Å². The summed E-state index contributed by atoms with van der Waals surface area (Å²) in [5, 5.41) is 10.3. The first-order valence-electron chi connectivity index (χ1n) is 12.6. The van der Waals surface area contributed by atoms with Crippen LogP contribution < -0.4 is 0 Å². The van der Waals surface area contributed by atoms with Gasteiger partial charge in [0.1, 0.15) is 18.2 Å². The molecule has 2 aliphatic rings. The summed E-state index contributed by atoms with van der Waals surface area (Å²) in [6.45, 7) is 2.91. The smallest absolute Gasteiger partial charge is 0.242 e. The average molecular weight is 454 g/mol. The Labute approximate surface area is 200 Å². The van der Waals surface area contributed by atoms with Crippen LogP contribution in [-0.4, -0.2) is 43.2 Å². The molecule has 0 N–H and O–H groups in total. The molecular weight excluding hydrogens is 422 g/mol. The number of piperidine rings is 1. The monoisotopic (exact) mass is 453 g/mol. The van der Waals surface area contributed by atoms with Gasteiger partial charge >= 0.3 is 0 Å². The van der Waals surface area contributed by atoms with Crippen LogP contribution in [-0.2, 0) is 24.3 Å². The summed E-state index contributed by atoms with van der Waals surface area (Å²) in [4.78, 5) is 15.7. The van der Waals surface area contributed by atoms with Crippen LogP contribution in [0.5, 0.6) is 0 Å². The van der Waals surface area contributed by atoms with Crippen LogP contribution >= 0.6 is 0 Å². The van der Waals surface area contributed by atoms with E-state index in [9.17, 15) is 4.79 Å². The van der Waals surface area contributed by atoms with Gasteiger partial charge in [0.15, 0.2) is 0 Å². The van der Waals surface area contributed by atoms with Crippen molar-refractivity contribution in [3.8, 4) is 11.3 Å². The van der Waals surface area contributed by atoms with Crippen molar-refractivity contribution < 1.29 is 4.79 Å². The molecule has 0 bridgehead atoms. The molecule has 6 nitrogen and oxygen atoms in total. The minimum Gasteiger partial charge on any atom is -0.340 e. The van der Waals surface area contributed by atoms with Gasteiger partial charge in [-0.2, -0.15) is 0 Å². The van der Waals surface area contributed by atoms with Gasteiger partial charge in [0.05, 0.1) is 0 Å². The zero-order chi connectivity index (χ0) is 22.9. The summed E-state index contributed by atoms with van der Waals surface area (Å²) >= 11 is 0. The van der Waals surface area contributed by atoms with Gasteiger partial charge in [-0.25, -0.2) is 0 Å². The Balaban J connectivity index is 1.26. The zero-order valence-electron chi connectivity index (χ0n) is 19.6. The fourth-order valence-electron chi connectivity index (χ4n) is 5.69. The largest absolute Gasteiger partial charge is 0.340 e. The van der Waals surface area contributed by atoms with E-state index in [1.807, 2.05) is 12.1 Å². The number of fused-ring (bicyclic) bond motifs is 2. The van der Waals surface area contributed by atoms with Crippen LogP contribution in [0, 0.1) is 0 Å². The highest BCUT2D eigenvalue weighted by molar-refractivity contribution is 5.89. The van der Waals surface area contributed by atoms with E-state index in [0.29, 0.717) is 6.54 Å². The number of rotatable bonds is 4. The lowest BCUT2D eigenvalue weighted by Crippen LogP contribution is -2.41. The molecule has 1 saturated heterocycles. The SMILES string of the molecule is O=C(Cn1c(-c2ccccc2)cc2ccccc21)N1CCCC(c2nnc3n2CCCCC3)C1. The lowest BCUT2D eigenvalue weighted by molar-refractivity contribution is -0.133. The molecule has 6 heteroatoms. The molecule has 1 amide bonds. The molecule has 4 aromatic rings. The van der Waals surface area contributed by atoms with E-state index in [0.717, 1.165) is 72.7 Å². The molecule has 1 fully saturated rings. The van der Waals surface area contributed by atoms with Crippen LogP contribution in [0.25, 0.3) is 22.2 Å². The van der Waals surface area contributed by atoms with Gasteiger partial charge in [0.2, 0.25) is 5.91 Å². The van der Waals surface area contributed by atoms with E-state index in [1.165, 1.54) is 19.3 Å². The number of likely N-dealkylation sites (tertiary alicyclic amines) is 1. The van der Waals surface area contributed by atoms with Crippen molar-refractivity contribution in [2.75, 3.05) is 13.1 Å². The summed E-state index contributed by atoms with van der Waals surface area (Å²) < 4.78 is 4.53. The highest BCUT2D eigenvalue weighted by Crippen LogP contribution is 2.31. The second kappa shape index (κ2) is 9.09. The number of aromatic nitrogens is 4. The van der Waals surface area contributed by atoms with Crippen molar-refractivity contribution >= 4 is 16.8 Å². The first-order valence-corrected chi connectivity index (χ1v) is 12.6. The number of carbonyl (C=O) groups excluding carboxylic acids is 1. The Morgan fingerprint density at radius 1 is 0.912 bits per heavy atom. The molecule has 4 heterocycles. The number of para-hydroxylation sites is 1. The van der Waals surface area contributed by atoms with Crippen molar-refractivity contribution in [1.82, 2.24) is 24.2 Å². The van der Waals surface area contributed by atoms with Gasteiger partial charge in [-0.15, -0.1) is 10.2 Å². The maximum atomic E-state index is 13.6. The molecule has 34 heavy (non-hydrogen) atoms. The number of hydrogen-bond acceptors (Lipinski definition) is 3. The van der Waals surface area contributed by atoms with Crippen LogP contribution in [0.1, 0.15) is 49.7 Å². The maximum absolute atomic E-state index is 13.6. The maximum Gasteiger partial charge on any atom is 0.242 e. The average Bonchev–Trinajstić information content (AvgIpc) is 3.37. The van der Waals surface area contributed by atoms with E-state index in [1.54, 1.807) is 0 Å². The second-order valence-corrected chi connectivity index (χ2v) is 9.66. The van der Waals surface area contributed by atoms with E-state index >= 15 is 0 Å². The number of amides is 1. The molecule has 2 aromatic carbocycles. The molecule has 0 saturated carbocycles. The van der Waals surface area contributed by atoms with Gasteiger partial charge in [-0.1, -0.05) is 55.0 Å². The standard InChI is InChI=1S/C28H31N5O/c34-27(20-33-24-14-7-6-12-22(24)18-25(33)21-10-3-1-4-11-21)31-16-9-13-23(19-31)28-30-29-26-15-5-2-8-17-32(26)28/h1,3-4,6-7,10-12,14,18,23H,2,5,8-9,13,15-17,19-20H2. The van der Waals surface area contributed by atoms with Crippen LogP contribution in [0.2, 0.25) is 0 Å². The first kappa shape index (κ1) is 21.1. The third-order valence-corrected chi connectivity index (χ3v) is 7.45. The Morgan fingerprint density at radius 2 is 1.76 bits per heavy atom. The number of nitrogens with zero attached hydrogens (tertiary/aromatic N) is 5. The van der Waals surface area contributed by atoms with Gasteiger partial charge in [0, 0.05) is 48.6 Å². The lowest BCUT2D eigenvalue weighted by atomic mass is 9.97. The summed E-state index contributed by atoms with van der Waals surface area (Å²) in [5.74, 6) is 2.67. The van der Waals surface area contributed by atoms with Crippen LogP contribution in [0.3, 0.4) is 0 Å². The molecule has 6 rings (SSSR count). The Kier molecular flexibility index (Phi) is 5.65. The Hall–Kier alpha value is -3.41. The highest BCUT2D eigenvalue weighted by atomic mass is 16.2. The van der Waals surface area contributed by atoms with Crippen LogP contribution in [0.4, 0.5) is 0 Å². The number of hydrogen-bond donors (Lipinski definition) is 0. The normalized spacial score (nSPS) is 18.6. The van der Waals surface area contributed by atoms with Gasteiger partial charge in [-0.3, -0.25) is 4.79 Å². The predicted octanol–water partition coefficient (Wildman–Crippen LogP) is 5.03. The molecule has 0 aliphatic carbocycles. The minimum atomic E-state index is 0.179. The quantitative estimate of drug-likeness (QED) is 0.435. The summed E-state index contributed by atoms with van der Waals surface area (Å²) in [6.07, 6.45) is 6.75. The third-order valence-electron chi connectivity index (χ3n) is 7.45. The van der Waals surface area contributed by atoms with Gasteiger partial charge in [-0.05, 0) is 43.4 Å². The molecule has 1 atom stereocenters. The molecule has 174 valence electrons. The highest BCUT2D eigenvalue weighted by Gasteiger charge is 2.30. The topological polar surface area (TPSA) is 56.0 Å². The summed E-state index contributed by atoms with van der Waals surface area (Å²) in [6, 6.07) is 20.9. The molecule has 0 radical (unpaired) electrons. The molecule has 1 unspecified atom stereocenters. The van der Waals surface area contributed by atoms with Crippen molar-refractivity contribution in [1.29, 1.82) is 0 Å². The number of carbonyl (C=O) groups is 1. The number of aryl methyl sites for hydroxylation is 1. The van der Waals surface area contributed by atoms with E-state index in [-0.39, 0.29) is 11.8 Å². The van der Waals surface area contributed by atoms with E-state index in [2.05, 4.69) is 72.8 Å². The third kappa shape index (κ3) is 3.91.